The average Bonchev–Trinajstić information content (AvgIpc) is 2.18. The van der Waals surface area contributed by atoms with Crippen molar-refractivity contribution >= 4 is 0 Å². The first-order valence-corrected chi connectivity index (χ1v) is 5.01. The van der Waals surface area contributed by atoms with Crippen LogP contribution >= 0.6 is 0 Å². The van der Waals surface area contributed by atoms with Crippen LogP contribution in [0, 0.1) is 16.0 Å². The van der Waals surface area contributed by atoms with E-state index >= 15 is 0 Å². The van der Waals surface area contributed by atoms with Crippen molar-refractivity contribution in [3.8, 4) is 0 Å². The fourth-order valence-corrected chi connectivity index (χ4v) is 1.57. The van der Waals surface area contributed by atoms with Gasteiger partial charge in [0, 0.05) is 10.8 Å². The number of hydrogen-bond acceptors (Lipinski definition) is 2. The van der Waals surface area contributed by atoms with Crippen molar-refractivity contribution in [2.75, 3.05) is 6.54 Å². The number of allylic oxidation sites excluding steroid dienone is 1. The van der Waals surface area contributed by atoms with Gasteiger partial charge in [-0.1, -0.05) is 42.5 Å². The van der Waals surface area contributed by atoms with E-state index in [0.29, 0.717) is 0 Å². The number of nitro groups is 1. The monoisotopic (exact) mass is 205 g/mol. The summed E-state index contributed by atoms with van der Waals surface area (Å²) in [6, 6.07) is 9.84. The molecular weight excluding hydrogens is 190 g/mol. The van der Waals surface area contributed by atoms with Crippen LogP contribution in [0.4, 0.5) is 0 Å². The highest BCUT2D eigenvalue weighted by atomic mass is 16.6. The lowest BCUT2D eigenvalue weighted by molar-refractivity contribution is -0.485. The Morgan fingerprint density at radius 2 is 2.07 bits per heavy atom. The predicted molar refractivity (Wildman–Crippen MR) is 60.3 cm³/mol. The van der Waals surface area contributed by atoms with Crippen molar-refractivity contribution in [3.05, 3.63) is 58.2 Å². The number of nitrogens with zero attached hydrogens (tertiary/aromatic N) is 1. The molecule has 0 radical (unpaired) electrons. The van der Waals surface area contributed by atoms with Gasteiger partial charge in [-0.3, -0.25) is 10.1 Å². The van der Waals surface area contributed by atoms with E-state index in [1.165, 1.54) is 0 Å². The van der Waals surface area contributed by atoms with Gasteiger partial charge in [0.15, 0.2) is 0 Å². The summed E-state index contributed by atoms with van der Waals surface area (Å²) in [4.78, 5) is 10.2. The second kappa shape index (κ2) is 5.96. The van der Waals surface area contributed by atoms with Crippen LogP contribution < -0.4 is 0 Å². The Kier molecular flexibility index (Phi) is 4.54. The molecule has 1 aromatic carbocycles. The van der Waals surface area contributed by atoms with Crippen LogP contribution in [0.1, 0.15) is 12.5 Å². The first-order valence-electron chi connectivity index (χ1n) is 5.01. The first-order chi connectivity index (χ1) is 7.22. The molecule has 0 saturated heterocycles. The third-order valence-corrected chi connectivity index (χ3v) is 2.19. The van der Waals surface area contributed by atoms with Gasteiger partial charge in [-0.2, -0.15) is 0 Å². The largest absolute Gasteiger partial charge is 0.265 e. The molecule has 1 rings (SSSR count). The van der Waals surface area contributed by atoms with Gasteiger partial charge in [0.25, 0.3) is 0 Å². The highest BCUT2D eigenvalue weighted by Gasteiger charge is 2.12. The molecule has 0 aliphatic rings. The summed E-state index contributed by atoms with van der Waals surface area (Å²) in [5, 5.41) is 10.4. The Hall–Kier alpha value is -1.64. The summed E-state index contributed by atoms with van der Waals surface area (Å²) in [5.74, 6) is -0.00704. The number of rotatable bonds is 5. The van der Waals surface area contributed by atoms with Gasteiger partial charge in [0.1, 0.15) is 0 Å². The quantitative estimate of drug-likeness (QED) is 0.421. The van der Waals surface area contributed by atoms with Crippen LogP contribution in [0.5, 0.6) is 0 Å². The van der Waals surface area contributed by atoms with Gasteiger partial charge in [0.05, 0.1) is 0 Å². The predicted octanol–water partition coefficient (Wildman–Crippen LogP) is 2.70. The molecule has 0 amide bonds. The Morgan fingerprint density at radius 3 is 2.60 bits per heavy atom. The minimum absolute atomic E-state index is 0.000760. The highest BCUT2D eigenvalue weighted by molar-refractivity contribution is 5.16. The molecule has 1 aromatic rings. The maximum Gasteiger partial charge on any atom is 0.210 e. The molecule has 0 saturated carbocycles. The fraction of sp³-hybridized carbons (Fsp3) is 0.333. The Labute approximate surface area is 89.6 Å². The average molecular weight is 205 g/mol. The smallest absolute Gasteiger partial charge is 0.210 e. The molecule has 0 aliphatic heterocycles. The van der Waals surface area contributed by atoms with E-state index in [-0.39, 0.29) is 17.4 Å². The maximum atomic E-state index is 10.4. The summed E-state index contributed by atoms with van der Waals surface area (Å²) < 4.78 is 0. The zero-order valence-corrected chi connectivity index (χ0v) is 8.80. The molecule has 0 heterocycles. The minimum atomic E-state index is -0.256. The molecule has 80 valence electrons. The van der Waals surface area contributed by atoms with Crippen LogP contribution in [0.2, 0.25) is 0 Å². The number of benzene rings is 1. The van der Waals surface area contributed by atoms with Crippen molar-refractivity contribution in [3.63, 3.8) is 0 Å². The standard InChI is InChI=1S/C12H15NO2/c1-2-6-12(10-13(14)15)9-11-7-4-3-5-8-11/h2-8,12H,9-10H2,1H3/b6-2+/t12-/m0/s1. The summed E-state index contributed by atoms with van der Waals surface area (Å²) in [6.07, 6.45) is 4.50. The van der Waals surface area contributed by atoms with Crippen molar-refractivity contribution in [1.82, 2.24) is 0 Å². The summed E-state index contributed by atoms with van der Waals surface area (Å²) >= 11 is 0. The van der Waals surface area contributed by atoms with Crippen molar-refractivity contribution < 1.29 is 4.92 Å². The molecule has 0 unspecified atom stereocenters. The van der Waals surface area contributed by atoms with E-state index in [4.69, 9.17) is 0 Å². The molecule has 0 spiro atoms. The summed E-state index contributed by atoms with van der Waals surface area (Å²) in [7, 11) is 0. The number of hydrogen-bond donors (Lipinski definition) is 0. The van der Waals surface area contributed by atoms with Crippen molar-refractivity contribution in [2.24, 2.45) is 5.92 Å². The molecule has 0 fully saturated rings. The lowest BCUT2D eigenvalue weighted by atomic mass is 9.99. The molecule has 1 atom stereocenters. The second-order valence-corrected chi connectivity index (χ2v) is 3.49. The van der Waals surface area contributed by atoms with Gasteiger partial charge in [0.2, 0.25) is 6.54 Å². The lowest BCUT2D eigenvalue weighted by Gasteiger charge is -2.07. The van der Waals surface area contributed by atoms with E-state index in [0.717, 1.165) is 12.0 Å². The second-order valence-electron chi connectivity index (χ2n) is 3.49. The van der Waals surface area contributed by atoms with Crippen LogP contribution in [0.25, 0.3) is 0 Å². The van der Waals surface area contributed by atoms with Crippen LogP contribution in [-0.4, -0.2) is 11.5 Å². The van der Waals surface area contributed by atoms with Crippen molar-refractivity contribution in [1.29, 1.82) is 0 Å². The molecule has 0 N–H and O–H groups in total. The van der Waals surface area contributed by atoms with E-state index in [1.807, 2.05) is 49.4 Å². The van der Waals surface area contributed by atoms with E-state index < -0.39 is 0 Å². The van der Waals surface area contributed by atoms with E-state index in [9.17, 15) is 10.1 Å². The minimum Gasteiger partial charge on any atom is -0.265 e. The molecular formula is C12H15NO2. The fourth-order valence-electron chi connectivity index (χ4n) is 1.57. The first kappa shape index (κ1) is 11.4. The van der Waals surface area contributed by atoms with Gasteiger partial charge >= 0.3 is 0 Å². The van der Waals surface area contributed by atoms with Gasteiger partial charge in [-0.25, -0.2) is 0 Å². The lowest BCUT2D eigenvalue weighted by Crippen LogP contribution is -2.14. The van der Waals surface area contributed by atoms with Crippen LogP contribution in [0.3, 0.4) is 0 Å². The molecule has 3 heteroatoms. The summed E-state index contributed by atoms with van der Waals surface area (Å²) in [6.45, 7) is 1.89. The van der Waals surface area contributed by atoms with Crippen LogP contribution in [0.15, 0.2) is 42.5 Å². The molecule has 15 heavy (non-hydrogen) atoms. The third-order valence-electron chi connectivity index (χ3n) is 2.19. The normalized spacial score (nSPS) is 12.9. The zero-order valence-electron chi connectivity index (χ0n) is 8.80. The van der Waals surface area contributed by atoms with Crippen LogP contribution in [-0.2, 0) is 6.42 Å². The molecule has 0 bridgehead atoms. The SMILES string of the molecule is C/C=C/[C@@H](Cc1ccccc1)C[N+](=O)[O-]. The van der Waals surface area contributed by atoms with E-state index in [1.54, 1.807) is 0 Å². The van der Waals surface area contributed by atoms with E-state index in [2.05, 4.69) is 0 Å². The molecule has 3 nitrogen and oxygen atoms in total. The third kappa shape index (κ3) is 4.40. The van der Waals surface area contributed by atoms with Gasteiger partial charge in [-0.15, -0.1) is 0 Å². The maximum absolute atomic E-state index is 10.4. The summed E-state index contributed by atoms with van der Waals surface area (Å²) in [5.41, 5.74) is 1.14. The Balaban J connectivity index is 2.62. The molecule has 0 aromatic heterocycles. The van der Waals surface area contributed by atoms with Gasteiger partial charge in [-0.05, 0) is 18.9 Å². The van der Waals surface area contributed by atoms with Gasteiger partial charge < -0.3 is 0 Å². The highest BCUT2D eigenvalue weighted by Crippen LogP contribution is 2.10. The Morgan fingerprint density at radius 1 is 1.40 bits per heavy atom. The topological polar surface area (TPSA) is 43.1 Å². The Bertz CT molecular complexity index is 333. The molecule has 0 aliphatic carbocycles. The zero-order chi connectivity index (χ0) is 11.1. The van der Waals surface area contributed by atoms with Crippen molar-refractivity contribution in [2.45, 2.75) is 13.3 Å².